The lowest BCUT2D eigenvalue weighted by Gasteiger charge is -2.37. The molecule has 4 heteroatoms. The molecule has 1 aromatic carbocycles. The van der Waals surface area contributed by atoms with Gasteiger partial charge in [-0.05, 0) is 62.2 Å². The average molecular weight is 266 g/mol. The van der Waals surface area contributed by atoms with E-state index in [0.29, 0.717) is 6.04 Å². The smallest absolute Gasteiger partial charge is 0.173 e. The fourth-order valence-electron chi connectivity index (χ4n) is 2.35. The van der Waals surface area contributed by atoms with Crippen molar-refractivity contribution in [3.05, 3.63) is 29.6 Å². The summed E-state index contributed by atoms with van der Waals surface area (Å²) in [6.45, 7) is 5.14. The molecule has 98 valence electrons. The van der Waals surface area contributed by atoms with Gasteiger partial charge in [-0.25, -0.2) is 4.39 Å². The number of halogens is 1. The van der Waals surface area contributed by atoms with E-state index in [1.165, 1.54) is 6.07 Å². The second-order valence-corrected chi connectivity index (χ2v) is 5.15. The number of nitrogens with zero attached hydrogens (tertiary/aromatic N) is 1. The van der Waals surface area contributed by atoms with Gasteiger partial charge in [0.2, 0.25) is 0 Å². The highest BCUT2D eigenvalue weighted by atomic mass is 32.1. The molecule has 18 heavy (non-hydrogen) atoms. The van der Waals surface area contributed by atoms with Crippen LogP contribution in [0.5, 0.6) is 0 Å². The van der Waals surface area contributed by atoms with Crippen molar-refractivity contribution in [1.82, 2.24) is 5.32 Å². The number of fused-ring (bicyclic) bond motifs is 1. The molecule has 0 fully saturated rings. The SMILES string of the molecule is CCCNC(=S)N1c2ccc(F)cc2CCC1C. The minimum Gasteiger partial charge on any atom is -0.362 e. The Hall–Kier alpha value is -1.16. The number of benzene rings is 1. The van der Waals surface area contributed by atoms with E-state index in [1.807, 2.05) is 6.07 Å². The molecule has 0 aromatic heterocycles. The van der Waals surface area contributed by atoms with Crippen LogP contribution >= 0.6 is 12.2 Å². The molecule has 0 amide bonds. The third-order valence-electron chi connectivity index (χ3n) is 3.32. The second-order valence-electron chi connectivity index (χ2n) is 4.76. The number of hydrogen-bond acceptors (Lipinski definition) is 1. The summed E-state index contributed by atoms with van der Waals surface area (Å²) in [7, 11) is 0. The molecule has 1 N–H and O–H groups in total. The topological polar surface area (TPSA) is 15.3 Å². The minimum atomic E-state index is -0.171. The van der Waals surface area contributed by atoms with Crippen LogP contribution in [0.25, 0.3) is 0 Å². The highest BCUT2D eigenvalue weighted by molar-refractivity contribution is 7.80. The Morgan fingerprint density at radius 3 is 3.06 bits per heavy atom. The standard InChI is InChI=1S/C14H19FN2S/c1-3-8-16-14(18)17-10(2)4-5-11-9-12(15)6-7-13(11)17/h6-7,9-10H,3-5,8H2,1-2H3,(H,16,18). The fraction of sp³-hybridized carbons (Fsp3) is 0.500. The van der Waals surface area contributed by atoms with Crippen LogP contribution in [0.15, 0.2) is 18.2 Å². The summed E-state index contributed by atoms with van der Waals surface area (Å²) in [6.07, 6.45) is 2.96. The van der Waals surface area contributed by atoms with E-state index in [2.05, 4.69) is 24.1 Å². The number of anilines is 1. The van der Waals surface area contributed by atoms with Gasteiger partial charge in [-0.1, -0.05) is 6.92 Å². The predicted molar refractivity (Wildman–Crippen MR) is 77.6 cm³/mol. The van der Waals surface area contributed by atoms with Gasteiger partial charge in [-0.15, -0.1) is 0 Å². The lowest BCUT2D eigenvalue weighted by molar-refractivity contribution is 0.600. The molecule has 1 aromatic rings. The van der Waals surface area contributed by atoms with Crippen LogP contribution in [0.4, 0.5) is 10.1 Å². The van der Waals surface area contributed by atoms with Crippen LogP contribution in [0.2, 0.25) is 0 Å². The lowest BCUT2D eigenvalue weighted by atomic mass is 9.97. The summed E-state index contributed by atoms with van der Waals surface area (Å²) < 4.78 is 13.3. The maximum atomic E-state index is 13.3. The molecule has 0 spiro atoms. The normalized spacial score (nSPS) is 18.4. The van der Waals surface area contributed by atoms with E-state index in [0.717, 1.165) is 42.2 Å². The van der Waals surface area contributed by atoms with Gasteiger partial charge in [0, 0.05) is 18.3 Å². The second kappa shape index (κ2) is 5.65. The van der Waals surface area contributed by atoms with E-state index >= 15 is 0 Å². The van der Waals surface area contributed by atoms with Gasteiger partial charge in [-0.3, -0.25) is 0 Å². The van der Waals surface area contributed by atoms with Crippen LogP contribution in [0.3, 0.4) is 0 Å². The maximum Gasteiger partial charge on any atom is 0.173 e. The van der Waals surface area contributed by atoms with Crippen LogP contribution in [0, 0.1) is 5.82 Å². The first-order chi connectivity index (χ1) is 8.63. The molecule has 1 aliphatic rings. The Kier molecular flexibility index (Phi) is 4.17. The van der Waals surface area contributed by atoms with E-state index in [-0.39, 0.29) is 5.82 Å². The molecule has 2 nitrogen and oxygen atoms in total. The maximum absolute atomic E-state index is 13.3. The molecule has 0 saturated heterocycles. The van der Waals surface area contributed by atoms with Crippen LogP contribution in [-0.4, -0.2) is 17.7 Å². The molecule has 0 bridgehead atoms. The summed E-state index contributed by atoms with van der Waals surface area (Å²) in [4.78, 5) is 2.11. The Bertz CT molecular complexity index is 447. The largest absolute Gasteiger partial charge is 0.362 e. The number of thiocarbonyl (C=S) groups is 1. The van der Waals surface area contributed by atoms with Gasteiger partial charge in [0.15, 0.2) is 5.11 Å². The molecule has 2 rings (SSSR count). The van der Waals surface area contributed by atoms with Crippen molar-refractivity contribution >= 4 is 23.0 Å². The third-order valence-corrected chi connectivity index (χ3v) is 3.66. The van der Waals surface area contributed by atoms with E-state index < -0.39 is 0 Å². The number of aryl methyl sites for hydroxylation is 1. The molecule has 0 aliphatic carbocycles. The number of hydrogen-bond donors (Lipinski definition) is 1. The van der Waals surface area contributed by atoms with Gasteiger partial charge >= 0.3 is 0 Å². The predicted octanol–water partition coefficient (Wildman–Crippen LogP) is 3.25. The first-order valence-electron chi connectivity index (χ1n) is 6.49. The van der Waals surface area contributed by atoms with E-state index in [4.69, 9.17) is 12.2 Å². The van der Waals surface area contributed by atoms with Crippen molar-refractivity contribution in [2.24, 2.45) is 0 Å². The summed E-state index contributed by atoms with van der Waals surface area (Å²) in [6, 6.07) is 5.32. The zero-order chi connectivity index (χ0) is 13.1. The zero-order valence-corrected chi connectivity index (χ0v) is 11.7. The first-order valence-corrected chi connectivity index (χ1v) is 6.89. The minimum absolute atomic E-state index is 0.171. The van der Waals surface area contributed by atoms with Crippen molar-refractivity contribution < 1.29 is 4.39 Å². The van der Waals surface area contributed by atoms with Gasteiger partial charge in [0.1, 0.15) is 5.82 Å². The Balaban J connectivity index is 2.27. The van der Waals surface area contributed by atoms with Gasteiger partial charge in [-0.2, -0.15) is 0 Å². The van der Waals surface area contributed by atoms with E-state index in [1.54, 1.807) is 6.07 Å². The number of nitrogens with one attached hydrogen (secondary N) is 1. The van der Waals surface area contributed by atoms with Crippen molar-refractivity contribution in [3.63, 3.8) is 0 Å². The van der Waals surface area contributed by atoms with Crippen LogP contribution in [-0.2, 0) is 6.42 Å². The first kappa shape index (κ1) is 13.3. The molecular formula is C14H19FN2S. The molecule has 1 heterocycles. The van der Waals surface area contributed by atoms with Crippen LogP contribution < -0.4 is 10.2 Å². The molecule has 1 atom stereocenters. The third kappa shape index (κ3) is 2.64. The highest BCUT2D eigenvalue weighted by Gasteiger charge is 2.26. The van der Waals surface area contributed by atoms with Gasteiger partial charge < -0.3 is 10.2 Å². The lowest BCUT2D eigenvalue weighted by Crippen LogP contribution is -2.47. The monoisotopic (exact) mass is 266 g/mol. The average Bonchev–Trinajstić information content (AvgIpc) is 2.36. The van der Waals surface area contributed by atoms with Crippen molar-refractivity contribution in [1.29, 1.82) is 0 Å². The zero-order valence-electron chi connectivity index (χ0n) is 10.9. The van der Waals surface area contributed by atoms with Crippen molar-refractivity contribution in [3.8, 4) is 0 Å². The fourth-order valence-corrected chi connectivity index (χ4v) is 2.73. The summed E-state index contributed by atoms with van der Waals surface area (Å²) in [5, 5.41) is 4.00. The molecule has 1 aliphatic heterocycles. The molecular weight excluding hydrogens is 247 g/mol. The van der Waals surface area contributed by atoms with Gasteiger partial charge in [0.25, 0.3) is 0 Å². The molecule has 1 unspecified atom stereocenters. The summed E-state index contributed by atoms with van der Waals surface area (Å²) >= 11 is 5.45. The molecule has 0 radical (unpaired) electrons. The van der Waals surface area contributed by atoms with Gasteiger partial charge in [0.05, 0.1) is 0 Å². The Morgan fingerprint density at radius 1 is 1.56 bits per heavy atom. The summed E-state index contributed by atoms with van der Waals surface area (Å²) in [5.41, 5.74) is 2.09. The summed E-state index contributed by atoms with van der Waals surface area (Å²) in [5.74, 6) is -0.171. The Morgan fingerprint density at radius 2 is 2.33 bits per heavy atom. The highest BCUT2D eigenvalue weighted by Crippen LogP contribution is 2.31. The quantitative estimate of drug-likeness (QED) is 0.827. The van der Waals surface area contributed by atoms with Crippen molar-refractivity contribution in [2.75, 3.05) is 11.4 Å². The number of rotatable bonds is 2. The van der Waals surface area contributed by atoms with Crippen LogP contribution in [0.1, 0.15) is 32.3 Å². The van der Waals surface area contributed by atoms with E-state index in [9.17, 15) is 4.39 Å². The Labute approximate surface area is 113 Å². The van der Waals surface area contributed by atoms with Crippen molar-refractivity contribution in [2.45, 2.75) is 39.2 Å². The molecule has 0 saturated carbocycles.